The summed E-state index contributed by atoms with van der Waals surface area (Å²) in [6, 6.07) is 6.39. The smallest absolute Gasteiger partial charge is 0.213 e. The maximum Gasteiger partial charge on any atom is 0.243 e. The molecule has 1 aliphatic rings. The van der Waals surface area contributed by atoms with Crippen LogP contribution in [0, 0.1) is 0 Å². The summed E-state index contributed by atoms with van der Waals surface area (Å²) in [6.07, 6.45) is 1.13. The Labute approximate surface area is 130 Å². The molecule has 0 aliphatic carbocycles. The molecule has 0 amide bonds. The van der Waals surface area contributed by atoms with Gasteiger partial charge in [-0.1, -0.05) is 12.1 Å². The van der Waals surface area contributed by atoms with Crippen molar-refractivity contribution < 1.29 is 16.8 Å². The summed E-state index contributed by atoms with van der Waals surface area (Å²) in [5.41, 5.74) is 0.845. The van der Waals surface area contributed by atoms with Gasteiger partial charge in [-0.2, -0.15) is 8.61 Å². The highest BCUT2D eigenvalue weighted by atomic mass is 35.5. The van der Waals surface area contributed by atoms with Crippen LogP contribution >= 0.6 is 11.6 Å². The van der Waals surface area contributed by atoms with E-state index in [1.165, 1.54) is 20.7 Å². The molecular formula is C12H17ClN2O4S2. The van der Waals surface area contributed by atoms with Gasteiger partial charge in [0.25, 0.3) is 0 Å². The highest BCUT2D eigenvalue weighted by Gasteiger charge is 2.31. The first-order chi connectivity index (χ1) is 9.75. The van der Waals surface area contributed by atoms with E-state index in [0.717, 1.165) is 11.8 Å². The van der Waals surface area contributed by atoms with Gasteiger partial charge in [-0.25, -0.2) is 16.8 Å². The summed E-state index contributed by atoms with van der Waals surface area (Å²) in [5.74, 6) is 0.327. The third-order valence-electron chi connectivity index (χ3n) is 3.38. The van der Waals surface area contributed by atoms with Gasteiger partial charge in [0, 0.05) is 32.1 Å². The first-order valence-electron chi connectivity index (χ1n) is 6.35. The van der Waals surface area contributed by atoms with E-state index in [0.29, 0.717) is 5.88 Å². The number of benzene rings is 1. The van der Waals surface area contributed by atoms with Gasteiger partial charge < -0.3 is 0 Å². The molecule has 0 atom stereocenters. The number of hydrogen-bond acceptors (Lipinski definition) is 4. The van der Waals surface area contributed by atoms with Gasteiger partial charge >= 0.3 is 0 Å². The second-order valence-electron chi connectivity index (χ2n) is 4.84. The second kappa shape index (κ2) is 6.21. The first-order valence-corrected chi connectivity index (χ1v) is 10.2. The maximum absolute atomic E-state index is 12.5. The van der Waals surface area contributed by atoms with Gasteiger partial charge in [0.15, 0.2) is 0 Å². The van der Waals surface area contributed by atoms with E-state index < -0.39 is 20.0 Å². The lowest BCUT2D eigenvalue weighted by atomic mass is 10.2. The van der Waals surface area contributed by atoms with Gasteiger partial charge in [0.1, 0.15) is 0 Å². The summed E-state index contributed by atoms with van der Waals surface area (Å²) in [6.45, 7) is 0.676. The number of nitrogens with zero attached hydrogens (tertiary/aromatic N) is 2. The van der Waals surface area contributed by atoms with Crippen LogP contribution in [0.5, 0.6) is 0 Å². The zero-order valence-corrected chi connectivity index (χ0v) is 14.0. The van der Waals surface area contributed by atoms with Crippen LogP contribution in [-0.4, -0.2) is 57.9 Å². The molecule has 118 valence electrons. The minimum absolute atomic E-state index is 0.159. The summed E-state index contributed by atoms with van der Waals surface area (Å²) >= 11 is 5.68. The molecular weight excluding hydrogens is 336 g/mol. The van der Waals surface area contributed by atoms with Crippen molar-refractivity contribution in [2.75, 3.05) is 32.4 Å². The average molecular weight is 353 g/mol. The molecule has 1 aliphatic heterocycles. The normalized spacial score (nSPS) is 18.8. The molecule has 6 nitrogen and oxygen atoms in total. The van der Waals surface area contributed by atoms with Crippen molar-refractivity contribution in [3.63, 3.8) is 0 Å². The van der Waals surface area contributed by atoms with Crippen molar-refractivity contribution in [2.45, 2.75) is 10.8 Å². The maximum atomic E-state index is 12.5. The third-order valence-corrected chi connectivity index (χ3v) is 6.91. The zero-order valence-electron chi connectivity index (χ0n) is 11.6. The Morgan fingerprint density at radius 3 is 1.86 bits per heavy atom. The van der Waals surface area contributed by atoms with Crippen LogP contribution in [0.15, 0.2) is 29.2 Å². The van der Waals surface area contributed by atoms with Gasteiger partial charge in [-0.3, -0.25) is 0 Å². The van der Waals surface area contributed by atoms with Crippen molar-refractivity contribution in [2.24, 2.45) is 0 Å². The van der Waals surface area contributed by atoms with E-state index in [1.54, 1.807) is 12.1 Å². The SMILES string of the molecule is CS(=O)(=O)N1CCN(S(=O)(=O)c2ccc(CCl)cc2)CC1. The molecule has 2 rings (SSSR count). The average Bonchev–Trinajstić information content (AvgIpc) is 2.46. The van der Waals surface area contributed by atoms with Crippen LogP contribution in [-0.2, 0) is 25.9 Å². The summed E-state index contributed by atoms with van der Waals surface area (Å²) in [4.78, 5) is 0.198. The first kappa shape index (κ1) is 16.7. The number of rotatable bonds is 4. The molecule has 1 aromatic rings. The van der Waals surface area contributed by atoms with E-state index >= 15 is 0 Å². The fraction of sp³-hybridized carbons (Fsp3) is 0.500. The van der Waals surface area contributed by atoms with E-state index in [1.807, 2.05) is 0 Å². The predicted octanol–water partition coefficient (Wildman–Crippen LogP) is 0.691. The lowest BCUT2D eigenvalue weighted by molar-refractivity contribution is 0.274. The topological polar surface area (TPSA) is 74.8 Å². The largest absolute Gasteiger partial charge is 0.243 e. The van der Waals surface area contributed by atoms with Gasteiger partial charge in [-0.05, 0) is 17.7 Å². The van der Waals surface area contributed by atoms with Crippen molar-refractivity contribution in [3.05, 3.63) is 29.8 Å². The standard InChI is InChI=1S/C12H17ClN2O4S2/c1-20(16,17)14-6-8-15(9-7-14)21(18,19)12-4-2-11(10-13)3-5-12/h2-5H,6-10H2,1H3. The Kier molecular flexibility index (Phi) is 4.94. The van der Waals surface area contributed by atoms with E-state index in [-0.39, 0.29) is 31.1 Å². The van der Waals surface area contributed by atoms with Crippen LogP contribution < -0.4 is 0 Å². The highest BCUT2D eigenvalue weighted by Crippen LogP contribution is 2.19. The minimum Gasteiger partial charge on any atom is -0.213 e. The van der Waals surface area contributed by atoms with Crippen LogP contribution in [0.3, 0.4) is 0 Å². The second-order valence-corrected chi connectivity index (χ2v) is 9.03. The molecule has 1 fully saturated rings. The summed E-state index contributed by atoms with van der Waals surface area (Å²) in [5, 5.41) is 0. The van der Waals surface area contributed by atoms with Crippen LogP contribution in [0.1, 0.15) is 5.56 Å². The van der Waals surface area contributed by atoms with Gasteiger partial charge in [-0.15, -0.1) is 11.6 Å². The van der Waals surface area contributed by atoms with E-state index in [4.69, 9.17) is 11.6 Å². The predicted molar refractivity (Wildman–Crippen MR) is 81.2 cm³/mol. The number of hydrogen-bond donors (Lipinski definition) is 0. The molecule has 1 heterocycles. The molecule has 0 saturated carbocycles. The van der Waals surface area contributed by atoms with E-state index in [9.17, 15) is 16.8 Å². The Balaban J connectivity index is 2.14. The Bertz CT molecular complexity index is 693. The molecule has 0 bridgehead atoms. The lowest BCUT2D eigenvalue weighted by Gasteiger charge is -2.32. The van der Waals surface area contributed by atoms with Gasteiger partial charge in [0.2, 0.25) is 20.0 Å². The summed E-state index contributed by atoms with van der Waals surface area (Å²) < 4.78 is 50.4. The fourth-order valence-corrected chi connectivity index (χ4v) is 4.57. The van der Waals surface area contributed by atoms with Crippen LogP contribution in [0.4, 0.5) is 0 Å². The zero-order chi connectivity index (χ0) is 15.7. The molecule has 0 radical (unpaired) electrons. The molecule has 1 aromatic carbocycles. The number of piperazine rings is 1. The fourth-order valence-electron chi connectivity index (χ4n) is 2.14. The molecule has 0 N–H and O–H groups in total. The monoisotopic (exact) mass is 352 g/mol. The van der Waals surface area contributed by atoms with Gasteiger partial charge in [0.05, 0.1) is 11.2 Å². The third kappa shape index (κ3) is 3.75. The molecule has 9 heteroatoms. The lowest BCUT2D eigenvalue weighted by Crippen LogP contribution is -2.50. The Morgan fingerprint density at radius 2 is 1.43 bits per heavy atom. The highest BCUT2D eigenvalue weighted by molar-refractivity contribution is 7.89. The van der Waals surface area contributed by atoms with E-state index in [2.05, 4.69) is 0 Å². The van der Waals surface area contributed by atoms with Crippen LogP contribution in [0.2, 0.25) is 0 Å². The Hall–Kier alpha value is -0.670. The van der Waals surface area contributed by atoms with Crippen molar-refractivity contribution in [3.8, 4) is 0 Å². The quantitative estimate of drug-likeness (QED) is 0.747. The molecule has 0 unspecified atom stereocenters. The number of halogens is 1. The van der Waals surface area contributed by atoms with Crippen molar-refractivity contribution in [1.82, 2.24) is 8.61 Å². The Morgan fingerprint density at radius 1 is 0.952 bits per heavy atom. The number of sulfonamides is 2. The molecule has 21 heavy (non-hydrogen) atoms. The molecule has 1 saturated heterocycles. The van der Waals surface area contributed by atoms with Crippen LogP contribution in [0.25, 0.3) is 0 Å². The minimum atomic E-state index is -3.59. The van der Waals surface area contributed by atoms with Crippen molar-refractivity contribution >= 4 is 31.6 Å². The molecule has 0 aromatic heterocycles. The summed E-state index contributed by atoms with van der Waals surface area (Å²) in [7, 11) is -6.86. The number of alkyl halides is 1. The van der Waals surface area contributed by atoms with Crippen molar-refractivity contribution in [1.29, 1.82) is 0 Å². The molecule has 0 spiro atoms.